The van der Waals surface area contributed by atoms with E-state index in [2.05, 4.69) is 5.32 Å². The lowest BCUT2D eigenvalue weighted by Gasteiger charge is -2.30. The molecule has 1 aliphatic heterocycles. The molecule has 32 heavy (non-hydrogen) atoms. The first kappa shape index (κ1) is 21.3. The Kier molecular flexibility index (Phi) is 5.30. The van der Waals surface area contributed by atoms with Gasteiger partial charge in [0.1, 0.15) is 5.41 Å². The van der Waals surface area contributed by atoms with E-state index < -0.39 is 41.1 Å². The largest absolute Gasteiger partial charge is 0.469 e. The second-order valence-corrected chi connectivity index (χ2v) is 7.70. The minimum Gasteiger partial charge on any atom is -0.469 e. The zero-order valence-corrected chi connectivity index (χ0v) is 17.8. The molecule has 1 aliphatic carbocycles. The summed E-state index contributed by atoms with van der Waals surface area (Å²) in [5, 5.41) is 2.71. The summed E-state index contributed by atoms with van der Waals surface area (Å²) < 4.78 is 9.89. The normalized spacial score (nSPS) is 23.5. The summed E-state index contributed by atoms with van der Waals surface area (Å²) in [5.41, 5.74) is -0.0698. The van der Waals surface area contributed by atoms with Crippen molar-refractivity contribution < 1.29 is 28.7 Å². The van der Waals surface area contributed by atoms with Crippen molar-refractivity contribution in [3.63, 3.8) is 0 Å². The van der Waals surface area contributed by atoms with Gasteiger partial charge >= 0.3 is 18.0 Å². The van der Waals surface area contributed by atoms with E-state index in [1.807, 2.05) is 0 Å². The molecule has 4 rings (SSSR count). The Morgan fingerprint density at radius 1 is 0.969 bits per heavy atom. The summed E-state index contributed by atoms with van der Waals surface area (Å²) in [6.45, 7) is 1.67. The van der Waals surface area contributed by atoms with Crippen LogP contribution in [-0.2, 0) is 29.3 Å². The molecule has 1 N–H and O–H groups in total. The van der Waals surface area contributed by atoms with Crippen LogP contribution >= 0.6 is 0 Å². The number of methoxy groups -OCH3 is 2. The minimum atomic E-state index is -1.57. The number of fused-ring (bicyclic) bond motifs is 2. The average molecular weight is 434 g/mol. The lowest BCUT2D eigenvalue weighted by Crippen LogP contribution is -2.49. The Morgan fingerprint density at radius 2 is 1.62 bits per heavy atom. The van der Waals surface area contributed by atoms with Crippen molar-refractivity contribution in [2.45, 2.75) is 12.3 Å². The van der Waals surface area contributed by atoms with Gasteiger partial charge in [0.2, 0.25) is 0 Å². The lowest BCUT2D eigenvalue weighted by atomic mass is 9.71. The summed E-state index contributed by atoms with van der Waals surface area (Å²) in [4.78, 5) is 53.5. The van der Waals surface area contributed by atoms with Crippen LogP contribution in [0.1, 0.15) is 12.5 Å². The van der Waals surface area contributed by atoms with Crippen LogP contribution in [0, 0.1) is 11.8 Å². The molecule has 0 aromatic heterocycles. The monoisotopic (exact) mass is 434 g/mol. The Labute approximate surface area is 184 Å². The van der Waals surface area contributed by atoms with E-state index in [0.29, 0.717) is 16.9 Å². The molecule has 0 unspecified atom stereocenters. The number of esters is 2. The quantitative estimate of drug-likeness (QED) is 0.745. The number of amides is 3. The van der Waals surface area contributed by atoms with Crippen LogP contribution in [-0.4, -0.2) is 38.1 Å². The zero-order valence-electron chi connectivity index (χ0n) is 17.8. The number of carbonyl (C=O) groups is 4. The number of anilines is 2. The van der Waals surface area contributed by atoms with Gasteiger partial charge in [-0.15, -0.1) is 0 Å². The molecular formula is C24H22N2O6. The zero-order chi connectivity index (χ0) is 23.0. The van der Waals surface area contributed by atoms with Gasteiger partial charge in [-0.2, -0.15) is 0 Å². The molecular weight excluding hydrogens is 412 g/mol. The van der Waals surface area contributed by atoms with E-state index in [4.69, 9.17) is 9.47 Å². The molecule has 3 amide bonds. The molecule has 2 aliphatic rings. The molecule has 1 heterocycles. The Bertz CT molecular complexity index is 1140. The molecule has 0 saturated carbocycles. The molecule has 3 atom stereocenters. The van der Waals surface area contributed by atoms with Crippen LogP contribution in [0.4, 0.5) is 16.2 Å². The fourth-order valence-electron chi connectivity index (χ4n) is 4.69. The van der Waals surface area contributed by atoms with Crippen LogP contribution in [0.25, 0.3) is 0 Å². The summed E-state index contributed by atoms with van der Waals surface area (Å²) in [5.74, 6) is -3.62. The van der Waals surface area contributed by atoms with Crippen molar-refractivity contribution in [1.29, 1.82) is 0 Å². The van der Waals surface area contributed by atoms with Gasteiger partial charge in [0.15, 0.2) is 0 Å². The molecule has 2 aromatic carbocycles. The van der Waals surface area contributed by atoms with Crippen molar-refractivity contribution in [2.24, 2.45) is 11.8 Å². The van der Waals surface area contributed by atoms with E-state index in [1.54, 1.807) is 61.5 Å². The van der Waals surface area contributed by atoms with Crippen LogP contribution in [0.2, 0.25) is 0 Å². The summed E-state index contributed by atoms with van der Waals surface area (Å²) in [6, 6.07) is 14.8. The fraction of sp³-hybridized carbons (Fsp3) is 0.250. The Hall–Kier alpha value is -3.94. The molecule has 8 heteroatoms. The van der Waals surface area contributed by atoms with E-state index in [0.717, 1.165) is 4.90 Å². The van der Waals surface area contributed by atoms with Gasteiger partial charge in [-0.1, -0.05) is 49.4 Å². The van der Waals surface area contributed by atoms with E-state index in [1.165, 1.54) is 20.3 Å². The predicted molar refractivity (Wildman–Crippen MR) is 116 cm³/mol. The lowest BCUT2D eigenvalue weighted by molar-refractivity contribution is -0.150. The standard InChI is InChI=1S/C24H22N2O6/c1-14-16(20(27)31-2)13-24(19(14)21(28)32-3)17-11-7-8-12-18(17)26(22(24)29)23(30)25-15-9-5-4-6-10-15/h4-14,19H,1-3H3,(H,25,30)/t14-,19-,24-/m1/s1. The molecule has 2 aromatic rings. The van der Waals surface area contributed by atoms with E-state index >= 15 is 0 Å². The van der Waals surface area contributed by atoms with Gasteiger partial charge in [0.05, 0.1) is 25.8 Å². The number of imide groups is 1. The number of hydrogen-bond acceptors (Lipinski definition) is 6. The van der Waals surface area contributed by atoms with Gasteiger partial charge in [0, 0.05) is 17.2 Å². The number of nitrogens with zero attached hydrogens (tertiary/aromatic N) is 1. The number of nitrogens with one attached hydrogen (secondary N) is 1. The second kappa shape index (κ2) is 7.96. The number of rotatable bonds is 3. The molecule has 0 bridgehead atoms. The third-order valence-corrected chi connectivity index (χ3v) is 6.12. The van der Waals surface area contributed by atoms with Crippen molar-refractivity contribution in [2.75, 3.05) is 24.4 Å². The van der Waals surface area contributed by atoms with Gasteiger partial charge in [-0.25, -0.2) is 14.5 Å². The third kappa shape index (κ3) is 2.98. The Balaban J connectivity index is 1.87. The van der Waals surface area contributed by atoms with Crippen molar-refractivity contribution >= 4 is 35.3 Å². The van der Waals surface area contributed by atoms with Gasteiger partial charge in [0.25, 0.3) is 5.91 Å². The first-order valence-corrected chi connectivity index (χ1v) is 10.1. The molecule has 0 fully saturated rings. The SMILES string of the molecule is COC(=O)C1=C[C@]2(C(=O)N(C(=O)Nc3ccccc3)c3ccccc32)[C@@H](C(=O)OC)[C@@H]1C. The highest BCUT2D eigenvalue weighted by molar-refractivity contribution is 6.27. The van der Waals surface area contributed by atoms with Crippen molar-refractivity contribution in [3.8, 4) is 0 Å². The number of para-hydroxylation sites is 2. The highest BCUT2D eigenvalue weighted by atomic mass is 16.5. The maximum absolute atomic E-state index is 13.9. The molecule has 1 spiro atoms. The van der Waals surface area contributed by atoms with Crippen LogP contribution in [0.3, 0.4) is 0 Å². The first-order chi connectivity index (χ1) is 15.4. The van der Waals surface area contributed by atoms with E-state index in [9.17, 15) is 19.2 Å². The minimum absolute atomic E-state index is 0.191. The predicted octanol–water partition coefficient (Wildman–Crippen LogP) is 3.04. The van der Waals surface area contributed by atoms with Crippen LogP contribution in [0.5, 0.6) is 0 Å². The smallest absolute Gasteiger partial charge is 0.333 e. The molecule has 8 nitrogen and oxygen atoms in total. The highest BCUT2D eigenvalue weighted by Gasteiger charge is 2.64. The first-order valence-electron chi connectivity index (χ1n) is 10.1. The van der Waals surface area contributed by atoms with Crippen LogP contribution < -0.4 is 10.2 Å². The average Bonchev–Trinajstić information content (AvgIpc) is 3.25. The third-order valence-electron chi connectivity index (χ3n) is 6.12. The van der Waals surface area contributed by atoms with Crippen molar-refractivity contribution in [3.05, 3.63) is 71.8 Å². The highest BCUT2D eigenvalue weighted by Crippen LogP contribution is 2.55. The summed E-state index contributed by atoms with van der Waals surface area (Å²) >= 11 is 0. The topological polar surface area (TPSA) is 102 Å². The molecule has 164 valence electrons. The number of ether oxygens (including phenoxy) is 2. The molecule has 0 radical (unpaired) electrons. The number of urea groups is 1. The van der Waals surface area contributed by atoms with Crippen molar-refractivity contribution in [1.82, 2.24) is 0 Å². The number of carbonyl (C=O) groups excluding carboxylic acids is 4. The Morgan fingerprint density at radius 3 is 2.28 bits per heavy atom. The fourth-order valence-corrected chi connectivity index (χ4v) is 4.69. The van der Waals surface area contributed by atoms with Gasteiger partial charge in [-0.05, 0) is 23.8 Å². The maximum Gasteiger partial charge on any atom is 0.333 e. The van der Waals surface area contributed by atoms with Gasteiger partial charge < -0.3 is 14.8 Å². The second-order valence-electron chi connectivity index (χ2n) is 7.70. The summed E-state index contributed by atoms with van der Waals surface area (Å²) in [6.07, 6.45) is 1.46. The number of hydrogen-bond donors (Lipinski definition) is 1. The van der Waals surface area contributed by atoms with Crippen LogP contribution in [0.15, 0.2) is 66.2 Å². The number of benzene rings is 2. The molecule has 0 saturated heterocycles. The maximum atomic E-state index is 13.9. The summed E-state index contributed by atoms with van der Waals surface area (Å²) in [7, 11) is 2.46. The van der Waals surface area contributed by atoms with Gasteiger partial charge in [-0.3, -0.25) is 9.59 Å². The van der Waals surface area contributed by atoms with E-state index in [-0.39, 0.29) is 5.57 Å².